The number of rotatable bonds is 10. The minimum atomic E-state index is -1.07. The lowest BCUT2D eigenvalue weighted by molar-refractivity contribution is -0.123. The van der Waals surface area contributed by atoms with Gasteiger partial charge in [-0.1, -0.05) is 11.6 Å². The number of amides is 2. The number of carbonyl (C=O) groups excluding carboxylic acids is 2. The van der Waals surface area contributed by atoms with Crippen LogP contribution in [0.4, 0.5) is 4.39 Å². The fraction of sp³-hybridized carbons (Fsp3) is 0.412. The largest absolute Gasteiger partial charge is 0.489 e. The Balaban J connectivity index is 1.12. The molecular weight excluding hydrogens is 597 g/mol. The molecule has 0 spiro atoms. The summed E-state index contributed by atoms with van der Waals surface area (Å²) in [5.74, 6) is 0.399. The van der Waals surface area contributed by atoms with Crippen molar-refractivity contribution >= 4 is 28.9 Å². The highest BCUT2D eigenvalue weighted by molar-refractivity contribution is 6.31. The Morgan fingerprint density at radius 2 is 1.96 bits per heavy atom. The van der Waals surface area contributed by atoms with Crippen LogP contribution in [0, 0.1) is 11.7 Å². The number of nitrogens with two attached hydrogens (primary N) is 1. The second-order valence-corrected chi connectivity index (χ2v) is 13.5. The molecule has 1 aliphatic heterocycles. The average Bonchev–Trinajstić information content (AvgIpc) is 3.91. The molecule has 0 unspecified atom stereocenters. The van der Waals surface area contributed by atoms with Gasteiger partial charge in [0.15, 0.2) is 0 Å². The van der Waals surface area contributed by atoms with Crippen molar-refractivity contribution in [1.82, 2.24) is 19.9 Å². The average molecular weight is 630 g/mol. The molecule has 2 atom stereocenters. The maximum absolute atomic E-state index is 14.1. The Kier molecular flexibility index (Phi) is 6.57. The molecule has 0 saturated heterocycles. The summed E-state index contributed by atoms with van der Waals surface area (Å²) in [6.45, 7) is 2.16. The van der Waals surface area contributed by atoms with Crippen molar-refractivity contribution in [3.63, 3.8) is 0 Å². The summed E-state index contributed by atoms with van der Waals surface area (Å²) in [5.41, 5.74) is 9.55. The smallest absolute Gasteiger partial charge is 0.251 e. The quantitative estimate of drug-likeness (QED) is 0.233. The molecule has 1 aromatic carbocycles. The van der Waals surface area contributed by atoms with Gasteiger partial charge in [-0.05, 0) is 87.8 Å². The first-order valence-electron chi connectivity index (χ1n) is 15.6. The molecule has 4 aliphatic rings. The second kappa shape index (κ2) is 10.4. The first kappa shape index (κ1) is 28.3. The summed E-state index contributed by atoms with van der Waals surface area (Å²) in [7, 11) is 0. The van der Waals surface area contributed by atoms with Gasteiger partial charge in [-0.2, -0.15) is 5.10 Å². The minimum Gasteiger partial charge on any atom is -0.489 e. The number of nitrogens with zero attached hydrogens (tertiary/aromatic N) is 3. The third-order valence-electron chi connectivity index (χ3n) is 9.50. The van der Waals surface area contributed by atoms with Crippen LogP contribution < -0.4 is 20.5 Å². The van der Waals surface area contributed by atoms with Crippen molar-refractivity contribution < 1.29 is 23.5 Å². The lowest BCUT2D eigenvalue weighted by atomic mass is 9.82. The maximum atomic E-state index is 14.1. The monoisotopic (exact) mass is 629 g/mol. The van der Waals surface area contributed by atoms with Gasteiger partial charge in [0.2, 0.25) is 11.8 Å². The van der Waals surface area contributed by atoms with Crippen molar-refractivity contribution in [1.29, 1.82) is 0 Å². The van der Waals surface area contributed by atoms with Crippen LogP contribution in [0.3, 0.4) is 0 Å². The molecule has 8 rings (SSSR count). The molecule has 3 aliphatic carbocycles. The van der Waals surface area contributed by atoms with E-state index in [0.29, 0.717) is 58.1 Å². The Bertz CT molecular complexity index is 1880. The van der Waals surface area contributed by atoms with E-state index in [9.17, 15) is 14.0 Å². The standard InChI is InChI=1S/C34H33ClFN5O4/c1-34(33(37)43)16-44-31-24(34)14-28(39-30(31)19-6-9-26(36)25(35)11-19)23(17-2-3-17)15-38-32(42)20-10-21-13-27(18-4-5-18)40-41(21)29(12-20)45-22-7-8-22/h6,9-14,17-18,22-23H,2-5,7-8,15-16H2,1H3,(H2,37,43)(H,38,42)/t23-,34-/m0/s1. The molecule has 9 nitrogen and oxygen atoms in total. The molecule has 11 heteroatoms. The van der Waals surface area contributed by atoms with Crippen molar-refractivity contribution in [2.24, 2.45) is 11.7 Å². The normalized spacial score (nSPS) is 21.3. The van der Waals surface area contributed by atoms with Gasteiger partial charge in [0, 0.05) is 46.8 Å². The predicted octanol–water partition coefficient (Wildman–Crippen LogP) is 5.67. The molecule has 0 radical (unpaired) electrons. The predicted molar refractivity (Wildman–Crippen MR) is 165 cm³/mol. The van der Waals surface area contributed by atoms with E-state index < -0.39 is 17.1 Å². The van der Waals surface area contributed by atoms with E-state index in [2.05, 4.69) is 11.4 Å². The van der Waals surface area contributed by atoms with Crippen LogP contribution in [0.2, 0.25) is 5.02 Å². The zero-order chi connectivity index (χ0) is 31.0. The number of hydrogen-bond acceptors (Lipinski definition) is 6. The van der Waals surface area contributed by atoms with E-state index in [1.165, 1.54) is 12.1 Å². The Hall–Kier alpha value is -4.18. The highest BCUT2D eigenvalue weighted by Gasteiger charge is 2.45. The van der Waals surface area contributed by atoms with E-state index in [1.54, 1.807) is 19.1 Å². The Morgan fingerprint density at radius 3 is 2.64 bits per heavy atom. The van der Waals surface area contributed by atoms with Crippen LogP contribution in [-0.2, 0) is 10.2 Å². The molecule has 3 fully saturated rings. The van der Waals surface area contributed by atoms with Gasteiger partial charge in [0.1, 0.15) is 35.4 Å². The summed E-state index contributed by atoms with van der Waals surface area (Å²) in [6.07, 6.45) is 6.41. The summed E-state index contributed by atoms with van der Waals surface area (Å²) in [6, 6.07) is 11.9. The molecule has 3 N–H and O–H groups in total. The SMILES string of the molecule is C[C@]1(C(N)=O)COc2c1cc([C@@H](CNC(=O)c1cc(OC3CC3)n3nc(C4CC4)cc3c1)C1CC1)nc2-c1ccc(F)c(Cl)c1. The molecule has 2 amide bonds. The molecule has 4 aromatic rings. The Morgan fingerprint density at radius 1 is 1.16 bits per heavy atom. The van der Waals surface area contributed by atoms with Gasteiger partial charge >= 0.3 is 0 Å². The number of pyridine rings is 2. The number of fused-ring (bicyclic) bond motifs is 2. The number of nitrogens with one attached hydrogen (secondary N) is 1. The molecule has 232 valence electrons. The van der Waals surface area contributed by atoms with Gasteiger partial charge in [-0.25, -0.2) is 13.9 Å². The first-order chi connectivity index (χ1) is 21.7. The van der Waals surface area contributed by atoms with Gasteiger partial charge < -0.3 is 20.5 Å². The van der Waals surface area contributed by atoms with E-state index >= 15 is 0 Å². The van der Waals surface area contributed by atoms with Gasteiger partial charge in [0.05, 0.1) is 16.2 Å². The van der Waals surface area contributed by atoms with Crippen molar-refractivity contribution in [2.75, 3.05) is 13.2 Å². The lowest BCUT2D eigenvalue weighted by Crippen LogP contribution is -2.40. The summed E-state index contributed by atoms with van der Waals surface area (Å²) >= 11 is 6.15. The fourth-order valence-electron chi connectivity index (χ4n) is 6.19. The molecule has 0 bridgehead atoms. The zero-order valence-corrected chi connectivity index (χ0v) is 25.6. The molecule has 3 saturated carbocycles. The summed E-state index contributed by atoms with van der Waals surface area (Å²) in [4.78, 5) is 31.3. The van der Waals surface area contributed by atoms with E-state index in [1.807, 2.05) is 16.6 Å². The van der Waals surface area contributed by atoms with E-state index in [4.69, 9.17) is 36.9 Å². The summed E-state index contributed by atoms with van der Waals surface area (Å²) in [5, 5.41) is 7.89. The number of benzene rings is 1. The molecular formula is C34H33ClFN5O4. The second-order valence-electron chi connectivity index (χ2n) is 13.1. The highest BCUT2D eigenvalue weighted by atomic mass is 35.5. The van der Waals surface area contributed by atoms with Gasteiger partial charge in [0.25, 0.3) is 5.91 Å². The number of ether oxygens (including phenoxy) is 2. The third kappa shape index (κ3) is 5.18. The lowest BCUT2D eigenvalue weighted by Gasteiger charge is -2.22. The summed E-state index contributed by atoms with van der Waals surface area (Å²) < 4.78 is 28.1. The number of hydrogen-bond donors (Lipinski definition) is 2. The fourth-order valence-corrected chi connectivity index (χ4v) is 6.37. The maximum Gasteiger partial charge on any atom is 0.251 e. The Labute approximate surface area is 264 Å². The van der Waals surface area contributed by atoms with Gasteiger partial charge in [-0.3, -0.25) is 9.59 Å². The van der Waals surface area contributed by atoms with E-state index in [0.717, 1.165) is 49.7 Å². The molecule has 3 aromatic heterocycles. The number of carbonyl (C=O) groups is 2. The van der Waals surface area contributed by atoms with Crippen LogP contribution >= 0.6 is 11.6 Å². The topological polar surface area (TPSA) is 121 Å². The van der Waals surface area contributed by atoms with Crippen molar-refractivity contribution in [2.45, 2.75) is 68.8 Å². The molecule has 45 heavy (non-hydrogen) atoms. The van der Waals surface area contributed by atoms with Crippen LogP contribution in [0.1, 0.15) is 84.6 Å². The highest BCUT2D eigenvalue weighted by Crippen LogP contribution is 2.48. The van der Waals surface area contributed by atoms with Crippen LogP contribution in [-0.4, -0.2) is 45.7 Å². The first-order valence-corrected chi connectivity index (χ1v) is 16.0. The van der Waals surface area contributed by atoms with Crippen molar-refractivity contribution in [3.8, 4) is 22.9 Å². The zero-order valence-electron chi connectivity index (χ0n) is 24.8. The molecule has 4 heterocycles. The third-order valence-corrected chi connectivity index (χ3v) is 9.79. The van der Waals surface area contributed by atoms with Crippen LogP contribution in [0.25, 0.3) is 16.8 Å². The number of primary amides is 1. The number of halogens is 2. The van der Waals surface area contributed by atoms with Crippen LogP contribution in [0.15, 0.2) is 42.5 Å². The minimum absolute atomic E-state index is 0.0421. The van der Waals surface area contributed by atoms with E-state index in [-0.39, 0.29) is 29.6 Å². The van der Waals surface area contributed by atoms with Crippen LogP contribution in [0.5, 0.6) is 11.6 Å². The van der Waals surface area contributed by atoms with Crippen molar-refractivity contribution in [3.05, 3.63) is 75.8 Å². The number of aromatic nitrogens is 3. The van der Waals surface area contributed by atoms with Gasteiger partial charge in [-0.15, -0.1) is 0 Å².